The van der Waals surface area contributed by atoms with E-state index in [-0.39, 0.29) is 5.91 Å². The van der Waals surface area contributed by atoms with Crippen molar-refractivity contribution in [1.29, 1.82) is 5.26 Å². The Labute approximate surface area is 124 Å². The van der Waals surface area contributed by atoms with Gasteiger partial charge in [0.05, 0.1) is 17.2 Å². The fraction of sp³-hybridized carbons (Fsp3) is 0.500. The summed E-state index contributed by atoms with van der Waals surface area (Å²) in [5.74, 6) is 0.429. The van der Waals surface area contributed by atoms with Crippen LogP contribution in [0.5, 0.6) is 5.75 Å². The molecule has 1 fully saturated rings. The highest BCUT2D eigenvalue weighted by molar-refractivity contribution is 5.81. The van der Waals surface area contributed by atoms with E-state index in [1.165, 1.54) is 0 Å². The first-order valence-corrected chi connectivity index (χ1v) is 7.09. The molecule has 1 aromatic carbocycles. The molecule has 0 spiro atoms. The maximum atomic E-state index is 12.4. The van der Waals surface area contributed by atoms with Gasteiger partial charge in [-0.05, 0) is 51.0 Å². The van der Waals surface area contributed by atoms with Crippen LogP contribution in [0.15, 0.2) is 24.3 Å². The Morgan fingerprint density at radius 3 is 2.71 bits per heavy atom. The molecule has 1 saturated heterocycles. The highest BCUT2D eigenvalue weighted by Crippen LogP contribution is 2.22. The second kappa shape index (κ2) is 6.15. The summed E-state index contributed by atoms with van der Waals surface area (Å²) in [5, 5.41) is 18.8. The van der Waals surface area contributed by atoms with Gasteiger partial charge in [-0.15, -0.1) is 0 Å². The molecular formula is C16H20N2O3. The topological polar surface area (TPSA) is 73.6 Å². The molecule has 5 heteroatoms. The normalized spacial score (nSPS) is 23.2. The summed E-state index contributed by atoms with van der Waals surface area (Å²) in [7, 11) is 0. The lowest BCUT2D eigenvalue weighted by molar-refractivity contribution is -0.144. The number of aliphatic hydroxyl groups is 1. The van der Waals surface area contributed by atoms with E-state index in [2.05, 4.69) is 0 Å². The van der Waals surface area contributed by atoms with E-state index < -0.39 is 11.7 Å². The standard InChI is InChI=1S/C16H20N2O3/c1-12(21-14-6-4-13(10-17)5-7-14)15(19)18-9-3-8-16(2,20)11-18/h4-7,12,20H,3,8-9,11H2,1-2H3. The van der Waals surface area contributed by atoms with Crippen molar-refractivity contribution in [2.75, 3.05) is 13.1 Å². The van der Waals surface area contributed by atoms with Gasteiger partial charge >= 0.3 is 0 Å². The Kier molecular flexibility index (Phi) is 4.49. The van der Waals surface area contributed by atoms with Crippen molar-refractivity contribution in [1.82, 2.24) is 4.90 Å². The van der Waals surface area contributed by atoms with Crippen molar-refractivity contribution in [2.45, 2.75) is 38.4 Å². The number of piperidine rings is 1. The number of benzene rings is 1. The van der Waals surface area contributed by atoms with Crippen LogP contribution in [0.3, 0.4) is 0 Å². The predicted octanol–water partition coefficient (Wildman–Crippen LogP) is 1.70. The molecule has 0 bridgehead atoms. The van der Waals surface area contributed by atoms with Gasteiger partial charge in [0.15, 0.2) is 6.10 Å². The fourth-order valence-electron chi connectivity index (χ4n) is 2.53. The number of amides is 1. The van der Waals surface area contributed by atoms with Gasteiger partial charge in [0.25, 0.3) is 5.91 Å². The maximum absolute atomic E-state index is 12.4. The maximum Gasteiger partial charge on any atom is 0.263 e. The fourth-order valence-corrected chi connectivity index (χ4v) is 2.53. The number of ether oxygens (including phenoxy) is 1. The van der Waals surface area contributed by atoms with Crippen LogP contribution in [0, 0.1) is 11.3 Å². The van der Waals surface area contributed by atoms with Gasteiger partial charge in [-0.25, -0.2) is 0 Å². The molecular weight excluding hydrogens is 268 g/mol. The molecule has 2 rings (SSSR count). The third-order valence-electron chi connectivity index (χ3n) is 3.63. The average Bonchev–Trinajstić information content (AvgIpc) is 2.46. The Morgan fingerprint density at radius 1 is 1.48 bits per heavy atom. The summed E-state index contributed by atoms with van der Waals surface area (Å²) in [6.45, 7) is 4.44. The van der Waals surface area contributed by atoms with E-state index in [1.807, 2.05) is 6.07 Å². The zero-order valence-corrected chi connectivity index (χ0v) is 12.4. The summed E-state index contributed by atoms with van der Waals surface area (Å²) in [6.07, 6.45) is 0.885. The molecule has 1 aliphatic heterocycles. The van der Waals surface area contributed by atoms with Crippen LogP contribution in [0.1, 0.15) is 32.3 Å². The average molecular weight is 288 g/mol. The first-order valence-electron chi connectivity index (χ1n) is 7.09. The zero-order valence-electron chi connectivity index (χ0n) is 12.4. The molecule has 0 saturated carbocycles. The van der Waals surface area contributed by atoms with Crippen LogP contribution in [0.4, 0.5) is 0 Å². The van der Waals surface area contributed by atoms with Gasteiger partial charge in [-0.1, -0.05) is 0 Å². The van der Waals surface area contributed by atoms with Crippen molar-refractivity contribution in [2.24, 2.45) is 0 Å². The number of hydrogen-bond donors (Lipinski definition) is 1. The van der Waals surface area contributed by atoms with Gasteiger partial charge in [-0.3, -0.25) is 4.79 Å². The van der Waals surface area contributed by atoms with Gasteiger partial charge < -0.3 is 14.7 Å². The highest BCUT2D eigenvalue weighted by atomic mass is 16.5. The van der Waals surface area contributed by atoms with Crippen molar-refractivity contribution in [3.05, 3.63) is 29.8 Å². The third-order valence-corrected chi connectivity index (χ3v) is 3.63. The molecule has 2 unspecified atom stereocenters. The van der Waals surface area contributed by atoms with E-state index >= 15 is 0 Å². The molecule has 1 N–H and O–H groups in total. The minimum Gasteiger partial charge on any atom is -0.481 e. The van der Waals surface area contributed by atoms with Gasteiger partial charge in [-0.2, -0.15) is 5.26 Å². The second-order valence-corrected chi connectivity index (χ2v) is 5.76. The molecule has 0 radical (unpaired) electrons. The van der Waals surface area contributed by atoms with E-state index in [0.29, 0.717) is 30.8 Å². The van der Waals surface area contributed by atoms with Crippen molar-refractivity contribution >= 4 is 5.91 Å². The Hall–Kier alpha value is -2.06. The minimum absolute atomic E-state index is 0.126. The molecule has 2 atom stereocenters. The third kappa shape index (κ3) is 3.96. The Balaban J connectivity index is 1.97. The van der Waals surface area contributed by atoms with E-state index in [1.54, 1.807) is 43.0 Å². The van der Waals surface area contributed by atoms with Crippen molar-refractivity contribution in [3.63, 3.8) is 0 Å². The molecule has 1 aromatic rings. The summed E-state index contributed by atoms with van der Waals surface area (Å²) in [6, 6.07) is 8.69. The number of nitrogens with zero attached hydrogens (tertiary/aromatic N) is 2. The monoisotopic (exact) mass is 288 g/mol. The minimum atomic E-state index is -0.817. The quantitative estimate of drug-likeness (QED) is 0.918. The number of rotatable bonds is 3. The lowest BCUT2D eigenvalue weighted by atomic mass is 9.95. The molecule has 112 valence electrons. The largest absolute Gasteiger partial charge is 0.481 e. The number of hydrogen-bond acceptors (Lipinski definition) is 4. The zero-order chi connectivity index (χ0) is 15.5. The number of likely N-dealkylation sites (tertiary alicyclic amines) is 1. The van der Waals surface area contributed by atoms with Gasteiger partial charge in [0.2, 0.25) is 0 Å². The number of carbonyl (C=O) groups is 1. The summed E-state index contributed by atoms with van der Waals surface area (Å²) in [4.78, 5) is 14.0. The number of nitriles is 1. The predicted molar refractivity (Wildman–Crippen MR) is 77.7 cm³/mol. The Morgan fingerprint density at radius 2 is 2.14 bits per heavy atom. The molecule has 0 aromatic heterocycles. The highest BCUT2D eigenvalue weighted by Gasteiger charge is 2.33. The SMILES string of the molecule is CC(Oc1ccc(C#N)cc1)C(=O)N1CCCC(C)(O)C1. The number of β-amino-alcohol motifs (C(OH)–C–C–N with tert-alkyl or cyclic N) is 1. The van der Waals surface area contributed by atoms with Crippen LogP contribution in [-0.2, 0) is 4.79 Å². The van der Waals surface area contributed by atoms with Crippen molar-refractivity contribution < 1.29 is 14.6 Å². The van der Waals surface area contributed by atoms with Crippen LogP contribution in [0.25, 0.3) is 0 Å². The number of carbonyl (C=O) groups excluding carboxylic acids is 1. The molecule has 21 heavy (non-hydrogen) atoms. The van der Waals surface area contributed by atoms with Gasteiger partial charge in [0.1, 0.15) is 5.75 Å². The Bertz CT molecular complexity index is 546. The van der Waals surface area contributed by atoms with Crippen LogP contribution in [-0.4, -0.2) is 40.7 Å². The van der Waals surface area contributed by atoms with E-state index in [4.69, 9.17) is 10.00 Å². The lowest BCUT2D eigenvalue weighted by Crippen LogP contribution is -2.51. The molecule has 1 aliphatic rings. The smallest absolute Gasteiger partial charge is 0.263 e. The summed E-state index contributed by atoms with van der Waals surface area (Å²) >= 11 is 0. The second-order valence-electron chi connectivity index (χ2n) is 5.76. The van der Waals surface area contributed by atoms with Crippen molar-refractivity contribution in [3.8, 4) is 11.8 Å². The van der Waals surface area contributed by atoms with E-state index in [9.17, 15) is 9.90 Å². The lowest BCUT2D eigenvalue weighted by Gasteiger charge is -2.37. The molecule has 1 heterocycles. The van der Waals surface area contributed by atoms with E-state index in [0.717, 1.165) is 6.42 Å². The summed E-state index contributed by atoms with van der Waals surface area (Å²) < 4.78 is 5.61. The van der Waals surface area contributed by atoms with Gasteiger partial charge in [0, 0.05) is 13.1 Å². The molecule has 5 nitrogen and oxygen atoms in total. The van der Waals surface area contributed by atoms with Crippen LogP contribution in [0.2, 0.25) is 0 Å². The molecule has 1 amide bonds. The molecule has 0 aliphatic carbocycles. The first kappa shape index (κ1) is 15.3. The van der Waals surface area contributed by atoms with Crippen LogP contribution < -0.4 is 4.74 Å². The van der Waals surface area contributed by atoms with Crippen LogP contribution >= 0.6 is 0 Å². The first-order chi connectivity index (χ1) is 9.91. The summed E-state index contributed by atoms with van der Waals surface area (Å²) in [5.41, 5.74) is -0.268.